The molecule has 0 aromatic heterocycles. The van der Waals surface area contributed by atoms with E-state index in [-0.39, 0.29) is 24.2 Å². The van der Waals surface area contributed by atoms with Gasteiger partial charge in [-0.05, 0) is 42.2 Å². The molecule has 0 radical (unpaired) electrons. The zero-order valence-electron chi connectivity index (χ0n) is 16.1. The number of nitrogens with one attached hydrogen (secondary N) is 1. The lowest BCUT2D eigenvalue weighted by Gasteiger charge is -2.17. The third-order valence-electron chi connectivity index (χ3n) is 5.22. The van der Waals surface area contributed by atoms with Gasteiger partial charge in [0.25, 0.3) is 0 Å². The Balaban J connectivity index is 1.65. The van der Waals surface area contributed by atoms with E-state index < -0.39 is 0 Å². The van der Waals surface area contributed by atoms with Crippen LogP contribution in [0.1, 0.15) is 38.2 Å². The predicted octanol–water partition coefficient (Wildman–Crippen LogP) is 4.20. The molecule has 27 heavy (non-hydrogen) atoms. The molecule has 0 unspecified atom stereocenters. The number of rotatable bonds is 6. The number of anilines is 2. The summed E-state index contributed by atoms with van der Waals surface area (Å²) in [6.45, 7) is 4.72. The first-order valence-corrected chi connectivity index (χ1v) is 9.37. The molecular weight excluding hydrogens is 340 g/mol. The molecule has 0 saturated carbocycles. The van der Waals surface area contributed by atoms with E-state index in [1.807, 2.05) is 48.5 Å². The van der Waals surface area contributed by atoms with E-state index in [2.05, 4.69) is 19.2 Å². The Morgan fingerprint density at radius 1 is 1.26 bits per heavy atom. The van der Waals surface area contributed by atoms with E-state index in [9.17, 15) is 9.59 Å². The molecule has 1 heterocycles. The largest absolute Gasteiger partial charge is 0.497 e. The monoisotopic (exact) mass is 366 g/mol. The van der Waals surface area contributed by atoms with E-state index in [0.29, 0.717) is 18.2 Å². The number of ether oxygens (including phenoxy) is 1. The highest BCUT2D eigenvalue weighted by molar-refractivity contribution is 6.03. The van der Waals surface area contributed by atoms with Gasteiger partial charge < -0.3 is 15.0 Å². The minimum Gasteiger partial charge on any atom is -0.497 e. The highest BCUT2D eigenvalue weighted by Gasteiger charge is 2.35. The molecule has 1 aliphatic rings. The first kappa shape index (κ1) is 19.0. The lowest BCUT2D eigenvalue weighted by Crippen LogP contribution is -2.28. The zero-order valence-corrected chi connectivity index (χ0v) is 16.1. The Morgan fingerprint density at radius 2 is 2.00 bits per heavy atom. The molecule has 3 rings (SSSR count). The summed E-state index contributed by atoms with van der Waals surface area (Å²) in [7, 11) is 1.59. The lowest BCUT2D eigenvalue weighted by molar-refractivity contribution is -0.122. The van der Waals surface area contributed by atoms with Crippen molar-refractivity contribution >= 4 is 23.2 Å². The average Bonchev–Trinajstić information content (AvgIpc) is 3.10. The normalized spacial score (nSPS) is 17.7. The molecule has 142 valence electrons. The van der Waals surface area contributed by atoms with Crippen molar-refractivity contribution in [2.24, 2.45) is 5.92 Å². The highest BCUT2D eigenvalue weighted by atomic mass is 16.5. The zero-order chi connectivity index (χ0) is 19.4. The number of carbonyl (C=O) groups excluding carboxylic acids is 2. The van der Waals surface area contributed by atoms with Gasteiger partial charge in [0, 0.05) is 30.4 Å². The first-order valence-electron chi connectivity index (χ1n) is 9.37. The van der Waals surface area contributed by atoms with Gasteiger partial charge in [-0.3, -0.25) is 9.59 Å². The van der Waals surface area contributed by atoms with Crippen molar-refractivity contribution in [3.05, 3.63) is 54.1 Å². The number of hydrogen-bond acceptors (Lipinski definition) is 3. The van der Waals surface area contributed by atoms with Gasteiger partial charge in [0.15, 0.2) is 0 Å². The molecule has 2 atom stereocenters. The first-order chi connectivity index (χ1) is 13.0. The minimum absolute atomic E-state index is 0.0458. The molecule has 1 aliphatic heterocycles. The number of amides is 2. The molecular formula is C22H26N2O3. The molecule has 2 aromatic rings. The second-order valence-electron chi connectivity index (χ2n) is 7.03. The highest BCUT2D eigenvalue weighted by Crippen LogP contribution is 2.29. The average molecular weight is 366 g/mol. The van der Waals surface area contributed by atoms with Crippen LogP contribution < -0.4 is 15.0 Å². The van der Waals surface area contributed by atoms with Gasteiger partial charge in [0.1, 0.15) is 5.75 Å². The summed E-state index contributed by atoms with van der Waals surface area (Å²) in [6.07, 6.45) is 1.30. The molecule has 0 spiro atoms. The minimum atomic E-state index is -0.363. The van der Waals surface area contributed by atoms with Crippen molar-refractivity contribution < 1.29 is 14.3 Å². The van der Waals surface area contributed by atoms with Crippen LogP contribution >= 0.6 is 0 Å². The van der Waals surface area contributed by atoms with Crippen LogP contribution in [0.5, 0.6) is 5.75 Å². The molecule has 5 nitrogen and oxygen atoms in total. The van der Waals surface area contributed by atoms with Gasteiger partial charge in [-0.25, -0.2) is 0 Å². The van der Waals surface area contributed by atoms with Crippen LogP contribution in [0.4, 0.5) is 11.4 Å². The molecule has 1 N–H and O–H groups in total. The fourth-order valence-electron chi connectivity index (χ4n) is 3.29. The van der Waals surface area contributed by atoms with E-state index in [4.69, 9.17) is 4.74 Å². The summed E-state index contributed by atoms with van der Waals surface area (Å²) in [5, 5.41) is 2.94. The summed E-state index contributed by atoms with van der Waals surface area (Å²) in [6, 6.07) is 15.3. The van der Waals surface area contributed by atoms with Crippen LogP contribution in [0.2, 0.25) is 0 Å². The molecule has 2 aromatic carbocycles. The maximum atomic E-state index is 12.6. The second-order valence-corrected chi connectivity index (χ2v) is 7.03. The summed E-state index contributed by atoms with van der Waals surface area (Å²) >= 11 is 0. The number of nitrogens with zero attached hydrogens (tertiary/aromatic N) is 1. The van der Waals surface area contributed by atoms with E-state index in [1.165, 1.54) is 5.56 Å². The van der Waals surface area contributed by atoms with Crippen LogP contribution in [-0.2, 0) is 9.59 Å². The van der Waals surface area contributed by atoms with E-state index in [0.717, 1.165) is 17.8 Å². The van der Waals surface area contributed by atoms with Gasteiger partial charge >= 0.3 is 0 Å². The van der Waals surface area contributed by atoms with Crippen LogP contribution in [0, 0.1) is 5.92 Å². The van der Waals surface area contributed by atoms with Gasteiger partial charge in [-0.1, -0.05) is 32.0 Å². The van der Waals surface area contributed by atoms with Crippen molar-refractivity contribution in [2.45, 2.75) is 32.6 Å². The maximum absolute atomic E-state index is 12.6. The number of benzene rings is 2. The summed E-state index contributed by atoms with van der Waals surface area (Å²) < 4.78 is 5.22. The van der Waals surface area contributed by atoms with Crippen LogP contribution in [0.25, 0.3) is 0 Å². The Morgan fingerprint density at radius 3 is 2.67 bits per heavy atom. The number of hydrogen-bond donors (Lipinski definition) is 1. The smallest absolute Gasteiger partial charge is 0.229 e. The molecule has 0 aliphatic carbocycles. The van der Waals surface area contributed by atoms with Crippen molar-refractivity contribution in [2.75, 3.05) is 23.9 Å². The standard InChI is InChI=1S/C22H26N2O3/c1-4-15(2)16-8-10-18(11-9-16)23-22(26)17-12-21(25)24(14-17)19-6-5-7-20(13-19)27-3/h5-11,13,15,17H,4,12,14H2,1-3H3,(H,23,26)/t15-,17-/m0/s1. The summed E-state index contributed by atoms with van der Waals surface area (Å²) in [5.74, 6) is 0.659. The van der Waals surface area contributed by atoms with Gasteiger partial charge in [-0.2, -0.15) is 0 Å². The third kappa shape index (κ3) is 4.30. The quantitative estimate of drug-likeness (QED) is 0.833. The predicted molar refractivity (Wildman–Crippen MR) is 107 cm³/mol. The SMILES string of the molecule is CC[C@H](C)c1ccc(NC(=O)[C@H]2CC(=O)N(c3cccc(OC)c3)C2)cc1. The van der Waals surface area contributed by atoms with Crippen molar-refractivity contribution in [1.29, 1.82) is 0 Å². The molecule has 5 heteroatoms. The van der Waals surface area contributed by atoms with Crippen molar-refractivity contribution in [3.8, 4) is 5.75 Å². The van der Waals surface area contributed by atoms with Gasteiger partial charge in [0.2, 0.25) is 11.8 Å². The van der Waals surface area contributed by atoms with Gasteiger partial charge in [-0.15, -0.1) is 0 Å². The topological polar surface area (TPSA) is 58.6 Å². The van der Waals surface area contributed by atoms with Gasteiger partial charge in [0.05, 0.1) is 13.0 Å². The Kier molecular flexibility index (Phi) is 5.79. The maximum Gasteiger partial charge on any atom is 0.229 e. The Labute approximate surface area is 160 Å². The number of carbonyl (C=O) groups is 2. The van der Waals surface area contributed by atoms with Crippen molar-refractivity contribution in [3.63, 3.8) is 0 Å². The van der Waals surface area contributed by atoms with Crippen molar-refractivity contribution in [1.82, 2.24) is 0 Å². The summed E-state index contributed by atoms with van der Waals surface area (Å²) in [4.78, 5) is 26.7. The van der Waals surface area contributed by atoms with E-state index >= 15 is 0 Å². The Hall–Kier alpha value is -2.82. The number of methoxy groups -OCH3 is 1. The molecule has 1 saturated heterocycles. The lowest BCUT2D eigenvalue weighted by atomic mass is 9.98. The Bertz CT molecular complexity index is 817. The fraction of sp³-hybridized carbons (Fsp3) is 0.364. The molecule has 1 fully saturated rings. The van der Waals surface area contributed by atoms with E-state index in [1.54, 1.807) is 12.0 Å². The second kappa shape index (κ2) is 8.25. The third-order valence-corrected chi connectivity index (χ3v) is 5.22. The molecule has 2 amide bonds. The molecule has 0 bridgehead atoms. The summed E-state index contributed by atoms with van der Waals surface area (Å²) in [5.41, 5.74) is 2.78. The van der Waals surface area contributed by atoms with Crippen LogP contribution in [0.3, 0.4) is 0 Å². The van der Waals surface area contributed by atoms with Crippen LogP contribution in [0.15, 0.2) is 48.5 Å². The van der Waals surface area contributed by atoms with Crippen LogP contribution in [-0.4, -0.2) is 25.5 Å². The fourth-order valence-corrected chi connectivity index (χ4v) is 3.29.